The van der Waals surface area contributed by atoms with Crippen molar-refractivity contribution in [2.75, 3.05) is 0 Å². The maximum Gasteiger partial charge on any atom is 0.0606 e. The largest absolute Gasteiger partial charge is 0.354 e. The van der Waals surface area contributed by atoms with Gasteiger partial charge in [0.05, 0.1) is 22.8 Å². The Labute approximate surface area is 206 Å². The molecule has 4 rings (SSSR count). The number of hydrogen-bond donors (Lipinski definition) is 0. The van der Waals surface area contributed by atoms with Crippen LogP contribution in [0.15, 0.2) is 59.0 Å². The maximum atomic E-state index is 4.93. The highest BCUT2D eigenvalue weighted by molar-refractivity contribution is 4.95. The molecule has 0 bridgehead atoms. The summed E-state index contributed by atoms with van der Waals surface area (Å²) in [7, 11) is 0. The Morgan fingerprint density at radius 2 is 0.853 bits per heavy atom. The smallest absolute Gasteiger partial charge is 0.0606 e. The van der Waals surface area contributed by atoms with Gasteiger partial charge < -0.3 is 9.13 Å². The molecule has 34 heavy (non-hydrogen) atoms. The number of hydrogen-bond acceptors (Lipinski definition) is 2. The lowest BCUT2D eigenvalue weighted by Crippen LogP contribution is -2.15. The Morgan fingerprint density at radius 1 is 0.500 bits per heavy atom. The molecule has 4 nitrogen and oxygen atoms in total. The normalized spacial score (nSPS) is 17.5. The van der Waals surface area contributed by atoms with Crippen LogP contribution in [0.25, 0.3) is 0 Å². The van der Waals surface area contributed by atoms with Crippen molar-refractivity contribution in [3.05, 3.63) is 59.8 Å². The van der Waals surface area contributed by atoms with Gasteiger partial charge in [0.15, 0.2) is 0 Å². The summed E-state index contributed by atoms with van der Waals surface area (Å²) in [5.74, 6) is 0. The summed E-state index contributed by atoms with van der Waals surface area (Å²) in [5.41, 5.74) is 0. The predicted octanol–water partition coefficient (Wildman–Crippen LogP) is 6.80. The van der Waals surface area contributed by atoms with Gasteiger partial charge in [0.2, 0.25) is 0 Å². The summed E-state index contributed by atoms with van der Waals surface area (Å²) in [6.07, 6.45) is 30.0. The van der Waals surface area contributed by atoms with Gasteiger partial charge in [0.1, 0.15) is 0 Å². The monoisotopic (exact) mass is 462 g/mol. The first kappa shape index (κ1) is 25.0. The molecule has 2 aliphatic carbocycles. The molecule has 0 aliphatic heterocycles. The van der Waals surface area contributed by atoms with E-state index in [2.05, 4.69) is 58.2 Å². The van der Waals surface area contributed by atoms with E-state index in [1.807, 2.05) is 0 Å². The number of nitrogens with zero attached hydrogens (tertiary/aromatic N) is 4. The lowest BCUT2D eigenvalue weighted by Gasteiger charge is -2.17. The van der Waals surface area contributed by atoms with E-state index >= 15 is 0 Å². The highest BCUT2D eigenvalue weighted by Crippen LogP contribution is 2.20. The predicted molar refractivity (Wildman–Crippen MR) is 141 cm³/mol. The second-order valence-corrected chi connectivity index (χ2v) is 10.6. The van der Waals surface area contributed by atoms with Crippen molar-refractivity contribution in [3.63, 3.8) is 0 Å². The fraction of sp³-hybridized carbons (Fsp3) is 0.667. The second-order valence-electron chi connectivity index (χ2n) is 10.6. The summed E-state index contributed by atoms with van der Waals surface area (Å²) in [6.45, 7) is 2.25. The zero-order valence-electron chi connectivity index (χ0n) is 21.3. The number of unbranched alkanes of at least 4 members (excludes halogenated alkanes) is 5. The van der Waals surface area contributed by atoms with Gasteiger partial charge in [-0.15, -0.1) is 0 Å². The van der Waals surface area contributed by atoms with Crippen molar-refractivity contribution >= 4 is 0 Å². The molecule has 2 aromatic heterocycles. The highest BCUT2D eigenvalue weighted by Gasteiger charge is 2.11. The Morgan fingerprint density at radius 3 is 1.24 bits per heavy atom. The number of aromatic nitrogens is 2. The molecule has 0 amide bonds. The van der Waals surface area contributed by atoms with Crippen LogP contribution in [0.1, 0.15) is 103 Å². The van der Waals surface area contributed by atoms with E-state index in [0.717, 1.165) is 23.8 Å². The molecule has 0 spiro atoms. The van der Waals surface area contributed by atoms with Crippen LogP contribution in [0.3, 0.4) is 0 Å². The minimum Gasteiger partial charge on any atom is -0.354 e. The Kier molecular flexibility index (Phi) is 10.5. The van der Waals surface area contributed by atoms with E-state index in [4.69, 9.17) is 9.98 Å². The van der Waals surface area contributed by atoms with Gasteiger partial charge in [0.25, 0.3) is 0 Å². The molecule has 0 radical (unpaired) electrons. The van der Waals surface area contributed by atoms with Crippen LogP contribution in [0.4, 0.5) is 0 Å². The second kappa shape index (κ2) is 14.3. The molecule has 4 heteroatoms. The first-order valence-electron chi connectivity index (χ1n) is 14.2. The zero-order chi connectivity index (χ0) is 23.3. The van der Waals surface area contributed by atoms with Crippen molar-refractivity contribution < 1.29 is 0 Å². The molecule has 2 fully saturated rings. The number of aryl methyl sites for hydroxylation is 2. The quantitative estimate of drug-likeness (QED) is 0.329. The summed E-state index contributed by atoms with van der Waals surface area (Å²) < 4.78 is 4.64. The highest BCUT2D eigenvalue weighted by atomic mass is 14.9. The molecule has 0 aromatic carbocycles. The molecule has 2 aromatic rings. The molecule has 0 unspecified atom stereocenters. The molecular weight excluding hydrogens is 416 g/mol. The Hall–Kier alpha value is -2.10. The first-order valence-corrected chi connectivity index (χ1v) is 14.2. The van der Waals surface area contributed by atoms with E-state index in [9.17, 15) is 0 Å². The molecule has 2 saturated carbocycles. The van der Waals surface area contributed by atoms with Gasteiger partial charge in [-0.3, -0.25) is 9.98 Å². The van der Waals surface area contributed by atoms with Crippen LogP contribution in [0.2, 0.25) is 0 Å². The zero-order valence-corrected chi connectivity index (χ0v) is 21.3. The van der Waals surface area contributed by atoms with Crippen LogP contribution in [0.5, 0.6) is 0 Å². The van der Waals surface area contributed by atoms with E-state index in [-0.39, 0.29) is 0 Å². The molecule has 0 N–H and O–H groups in total. The molecule has 0 saturated heterocycles. The van der Waals surface area contributed by atoms with Gasteiger partial charge in [-0.2, -0.15) is 0 Å². The van der Waals surface area contributed by atoms with Crippen LogP contribution >= 0.6 is 0 Å². The fourth-order valence-electron chi connectivity index (χ4n) is 5.51. The third kappa shape index (κ3) is 8.92. The first-order chi connectivity index (χ1) is 16.8. The van der Waals surface area contributed by atoms with Gasteiger partial charge in [0, 0.05) is 37.9 Å². The average Bonchev–Trinajstić information content (AvgIpc) is 2.89. The van der Waals surface area contributed by atoms with Crippen molar-refractivity contribution in [2.45, 2.75) is 128 Å². The molecule has 186 valence electrons. The van der Waals surface area contributed by atoms with Crippen molar-refractivity contribution in [1.29, 1.82) is 0 Å². The lowest BCUT2D eigenvalue weighted by molar-refractivity contribution is 0.437. The maximum absolute atomic E-state index is 4.93. The van der Waals surface area contributed by atoms with Crippen LogP contribution in [-0.2, 0) is 13.1 Å². The van der Waals surface area contributed by atoms with E-state index in [0.29, 0.717) is 12.1 Å². The topological polar surface area (TPSA) is 34.6 Å². The summed E-state index contributed by atoms with van der Waals surface area (Å²) >= 11 is 0. The Bertz CT molecular complexity index is 838. The van der Waals surface area contributed by atoms with Crippen molar-refractivity contribution in [2.24, 2.45) is 9.98 Å². The Balaban J connectivity index is 1.05. The van der Waals surface area contributed by atoms with E-state index in [1.54, 1.807) is 0 Å². The van der Waals surface area contributed by atoms with Crippen LogP contribution in [0, 0.1) is 0 Å². The van der Waals surface area contributed by atoms with E-state index < -0.39 is 0 Å². The summed E-state index contributed by atoms with van der Waals surface area (Å²) in [4.78, 5) is 9.85. The van der Waals surface area contributed by atoms with Gasteiger partial charge in [-0.1, -0.05) is 64.2 Å². The summed E-state index contributed by atoms with van der Waals surface area (Å²) in [6, 6.07) is 9.91. The third-order valence-electron chi connectivity index (χ3n) is 7.64. The average molecular weight is 463 g/mol. The summed E-state index contributed by atoms with van der Waals surface area (Å²) in [5, 5.41) is 2.32. The number of rotatable bonds is 11. The van der Waals surface area contributed by atoms with Gasteiger partial charge in [-0.25, -0.2) is 0 Å². The number of pyridine rings is 2. The minimum absolute atomic E-state index is 0.559. The molecule has 2 heterocycles. The molecular formula is C30H46N4. The minimum atomic E-state index is 0.559. The van der Waals surface area contributed by atoms with Crippen molar-refractivity contribution in [1.82, 2.24) is 9.13 Å². The van der Waals surface area contributed by atoms with Crippen LogP contribution in [-0.4, -0.2) is 21.2 Å². The lowest BCUT2D eigenvalue weighted by atomic mass is 9.96. The molecule has 2 aliphatic rings. The SMILES string of the molecule is c1cn(CCCCCCCCn2ccc(=NC3CCCCC3)cc2)ccc1=NC1CCCCC1. The standard InChI is InChI=1S/C30H46N4/c1(3-11-21-33-23-17-29(18-24-33)31-27-13-7-5-8-14-27)2-4-12-22-34-25-19-30(20-26-34)32-28-15-9-6-10-16-28/h17-20,23-28H,1-16,21-22H2. The van der Waals surface area contributed by atoms with Gasteiger partial charge >= 0.3 is 0 Å². The van der Waals surface area contributed by atoms with Gasteiger partial charge in [-0.05, 0) is 62.8 Å². The van der Waals surface area contributed by atoms with Crippen molar-refractivity contribution in [3.8, 4) is 0 Å². The van der Waals surface area contributed by atoms with Crippen LogP contribution < -0.4 is 10.7 Å². The third-order valence-corrected chi connectivity index (χ3v) is 7.64. The fourth-order valence-corrected chi connectivity index (χ4v) is 5.51. The molecule has 0 atom stereocenters. The van der Waals surface area contributed by atoms with E-state index in [1.165, 1.54) is 103 Å².